The molecule has 0 aliphatic carbocycles. The maximum atomic E-state index is 11.5. The summed E-state index contributed by atoms with van der Waals surface area (Å²) in [5, 5.41) is 0. The lowest BCUT2D eigenvalue weighted by Gasteiger charge is -2.07. The number of para-hydroxylation sites is 1. The van der Waals surface area contributed by atoms with Gasteiger partial charge < -0.3 is 9.15 Å². The molecule has 1 amide bonds. The number of nitrogens with one attached hydrogen (secondary N) is 1. The zero-order valence-electron chi connectivity index (χ0n) is 10.4. The van der Waals surface area contributed by atoms with Crippen molar-refractivity contribution in [2.75, 3.05) is 7.11 Å². The van der Waals surface area contributed by atoms with Crippen molar-refractivity contribution in [2.45, 2.75) is 10.6 Å². The molecule has 2 aromatic rings. The summed E-state index contributed by atoms with van der Waals surface area (Å²) in [6, 6.07) is 9.27. The summed E-state index contributed by atoms with van der Waals surface area (Å²) < 4.78 is 10.6. The van der Waals surface area contributed by atoms with Gasteiger partial charge in [0.2, 0.25) is 0 Å². The summed E-state index contributed by atoms with van der Waals surface area (Å²) >= 11 is 1.53. The van der Waals surface area contributed by atoms with Gasteiger partial charge in [0.1, 0.15) is 11.5 Å². The van der Waals surface area contributed by atoms with Gasteiger partial charge >= 0.3 is 0 Å². The third kappa shape index (κ3) is 3.10. The van der Waals surface area contributed by atoms with E-state index in [9.17, 15) is 4.79 Å². The van der Waals surface area contributed by atoms with Crippen LogP contribution in [0.15, 0.2) is 45.9 Å². The lowest BCUT2D eigenvalue weighted by atomic mass is 10.2. The molecule has 0 unspecified atom stereocenters. The van der Waals surface area contributed by atoms with Crippen molar-refractivity contribution >= 4 is 17.7 Å². The Morgan fingerprint density at radius 3 is 2.95 bits per heavy atom. The minimum atomic E-state index is -0.357. The van der Waals surface area contributed by atoms with Crippen molar-refractivity contribution in [1.29, 1.82) is 0 Å². The quantitative estimate of drug-likeness (QED) is 0.379. The van der Waals surface area contributed by atoms with E-state index >= 15 is 0 Å². The van der Waals surface area contributed by atoms with Gasteiger partial charge in [-0.05, 0) is 18.2 Å². The normalized spacial score (nSPS) is 10.2. The fourth-order valence-corrected chi connectivity index (χ4v) is 2.59. The van der Waals surface area contributed by atoms with Crippen LogP contribution in [0, 0.1) is 0 Å². The smallest absolute Gasteiger partial charge is 0.268 e. The van der Waals surface area contributed by atoms with Gasteiger partial charge in [0.25, 0.3) is 5.91 Å². The number of ether oxygens (including phenoxy) is 1. The molecule has 19 heavy (non-hydrogen) atoms. The van der Waals surface area contributed by atoms with Crippen molar-refractivity contribution in [3.8, 4) is 5.75 Å². The summed E-state index contributed by atoms with van der Waals surface area (Å²) in [5.74, 6) is 6.66. The Morgan fingerprint density at radius 1 is 1.42 bits per heavy atom. The van der Waals surface area contributed by atoms with E-state index in [-0.39, 0.29) is 5.91 Å². The van der Waals surface area contributed by atoms with Crippen molar-refractivity contribution in [2.24, 2.45) is 5.84 Å². The summed E-state index contributed by atoms with van der Waals surface area (Å²) in [5.41, 5.74) is 2.54. The van der Waals surface area contributed by atoms with E-state index in [1.54, 1.807) is 13.2 Å². The molecule has 1 heterocycles. The molecule has 3 N–H and O–H groups in total. The number of hydrogen-bond donors (Lipinski definition) is 2. The van der Waals surface area contributed by atoms with Gasteiger partial charge in [-0.25, -0.2) is 5.84 Å². The first-order valence-corrected chi connectivity index (χ1v) is 6.58. The largest absolute Gasteiger partial charge is 0.496 e. The summed E-state index contributed by atoms with van der Waals surface area (Å²) in [6.45, 7) is 0. The van der Waals surface area contributed by atoms with E-state index in [0.717, 1.165) is 10.6 Å². The van der Waals surface area contributed by atoms with Crippen LogP contribution >= 0.6 is 11.8 Å². The Balaban J connectivity index is 2.11. The van der Waals surface area contributed by atoms with E-state index in [4.69, 9.17) is 15.0 Å². The highest BCUT2D eigenvalue weighted by Gasteiger charge is 2.14. The van der Waals surface area contributed by atoms with Gasteiger partial charge in [0, 0.05) is 4.90 Å². The second kappa shape index (κ2) is 6.31. The molecule has 2 rings (SSSR count). The number of methoxy groups -OCH3 is 1. The molecule has 0 saturated heterocycles. The number of hydrazine groups is 1. The lowest BCUT2D eigenvalue weighted by molar-refractivity contribution is 0.0952. The van der Waals surface area contributed by atoms with Gasteiger partial charge in [-0.15, -0.1) is 11.8 Å². The van der Waals surface area contributed by atoms with Crippen LogP contribution in [0.2, 0.25) is 0 Å². The summed E-state index contributed by atoms with van der Waals surface area (Å²) in [6.07, 6.45) is 1.47. The van der Waals surface area contributed by atoms with Gasteiger partial charge in [-0.3, -0.25) is 10.2 Å². The number of carbonyl (C=O) groups excluding carboxylic acids is 1. The average Bonchev–Trinajstić information content (AvgIpc) is 2.93. The number of nitrogen functional groups attached to an aromatic ring is 1. The second-order valence-corrected chi connectivity index (χ2v) is 4.69. The van der Waals surface area contributed by atoms with E-state index in [2.05, 4.69) is 5.43 Å². The molecule has 0 bridgehead atoms. The average molecular weight is 278 g/mol. The molecule has 0 radical (unpaired) electrons. The number of hydrogen-bond acceptors (Lipinski definition) is 5. The predicted octanol–water partition coefficient (Wildman–Crippen LogP) is 2.18. The van der Waals surface area contributed by atoms with Gasteiger partial charge in [0.15, 0.2) is 0 Å². The fraction of sp³-hybridized carbons (Fsp3) is 0.154. The van der Waals surface area contributed by atoms with E-state index < -0.39 is 0 Å². The standard InChI is InChI=1S/C13H14N2O3S/c1-17-10-4-2-3-5-12(10)19-8-11-9(6-7-18-11)13(16)15-14/h2-7H,8,14H2,1H3,(H,15,16). The summed E-state index contributed by atoms with van der Waals surface area (Å²) in [4.78, 5) is 12.5. The number of thioether (sulfide) groups is 1. The molecule has 0 fully saturated rings. The van der Waals surface area contributed by atoms with Gasteiger partial charge in [-0.1, -0.05) is 12.1 Å². The predicted molar refractivity (Wildman–Crippen MR) is 72.9 cm³/mol. The maximum Gasteiger partial charge on any atom is 0.268 e. The number of amides is 1. The van der Waals surface area contributed by atoms with Crippen LogP contribution in [-0.2, 0) is 5.75 Å². The number of nitrogens with two attached hydrogens (primary N) is 1. The Kier molecular flexibility index (Phi) is 4.48. The van der Waals surface area contributed by atoms with Gasteiger partial charge in [-0.2, -0.15) is 0 Å². The van der Waals surface area contributed by atoms with E-state index in [0.29, 0.717) is 17.1 Å². The highest BCUT2D eigenvalue weighted by molar-refractivity contribution is 7.98. The minimum Gasteiger partial charge on any atom is -0.496 e. The first-order valence-electron chi connectivity index (χ1n) is 5.59. The molecule has 0 spiro atoms. The second-order valence-electron chi connectivity index (χ2n) is 3.67. The lowest BCUT2D eigenvalue weighted by Crippen LogP contribution is -2.30. The zero-order chi connectivity index (χ0) is 13.7. The van der Waals surface area contributed by atoms with Crippen LogP contribution in [-0.4, -0.2) is 13.0 Å². The van der Waals surface area contributed by atoms with Crippen molar-refractivity contribution in [3.05, 3.63) is 47.9 Å². The Hall–Kier alpha value is -1.92. The molecule has 5 nitrogen and oxygen atoms in total. The van der Waals surface area contributed by atoms with Crippen LogP contribution in [0.4, 0.5) is 0 Å². The monoisotopic (exact) mass is 278 g/mol. The Bertz CT molecular complexity index is 569. The number of rotatable bonds is 5. The van der Waals surface area contributed by atoms with Gasteiger partial charge in [0.05, 0.1) is 24.7 Å². The molecule has 100 valence electrons. The highest BCUT2D eigenvalue weighted by atomic mass is 32.2. The fourth-order valence-electron chi connectivity index (χ4n) is 1.61. The van der Waals surface area contributed by atoms with Crippen molar-refractivity contribution in [1.82, 2.24) is 5.43 Å². The molecule has 1 aromatic heterocycles. The molecule has 0 saturated carbocycles. The first kappa shape index (κ1) is 13.5. The van der Waals surface area contributed by atoms with E-state index in [1.165, 1.54) is 18.0 Å². The van der Waals surface area contributed by atoms with Crippen molar-refractivity contribution in [3.63, 3.8) is 0 Å². The molecule has 1 aromatic carbocycles. The molecular weight excluding hydrogens is 264 g/mol. The third-order valence-electron chi connectivity index (χ3n) is 2.55. The number of carbonyl (C=O) groups is 1. The van der Waals surface area contributed by atoms with Crippen LogP contribution in [0.3, 0.4) is 0 Å². The zero-order valence-corrected chi connectivity index (χ0v) is 11.2. The van der Waals surface area contributed by atoms with E-state index in [1.807, 2.05) is 24.3 Å². The number of benzene rings is 1. The van der Waals surface area contributed by atoms with Crippen LogP contribution in [0.1, 0.15) is 16.1 Å². The maximum absolute atomic E-state index is 11.5. The number of furan rings is 1. The van der Waals surface area contributed by atoms with Crippen LogP contribution in [0.5, 0.6) is 5.75 Å². The molecule has 0 aliphatic rings. The Labute approximate surface area is 115 Å². The third-order valence-corrected chi connectivity index (χ3v) is 3.60. The highest BCUT2D eigenvalue weighted by Crippen LogP contribution is 2.32. The molecule has 0 atom stereocenters. The summed E-state index contributed by atoms with van der Waals surface area (Å²) in [7, 11) is 1.62. The van der Waals surface area contributed by atoms with Crippen LogP contribution < -0.4 is 16.0 Å². The molecule has 6 heteroatoms. The first-order chi connectivity index (χ1) is 9.26. The van der Waals surface area contributed by atoms with Crippen LogP contribution in [0.25, 0.3) is 0 Å². The minimum absolute atomic E-state index is 0.357. The molecular formula is C13H14N2O3S. The topological polar surface area (TPSA) is 77.5 Å². The van der Waals surface area contributed by atoms with Crippen molar-refractivity contribution < 1.29 is 13.9 Å². The molecule has 0 aliphatic heterocycles. The Morgan fingerprint density at radius 2 is 2.21 bits per heavy atom. The SMILES string of the molecule is COc1ccccc1SCc1occc1C(=O)NN.